The molecule has 0 saturated heterocycles. The summed E-state index contributed by atoms with van der Waals surface area (Å²) >= 11 is 0. The summed E-state index contributed by atoms with van der Waals surface area (Å²) in [6, 6.07) is 6.25. The lowest BCUT2D eigenvalue weighted by atomic mass is 9.96. The maximum Gasteiger partial charge on any atom is 0.119 e. The Hall–Kier alpha value is -1.31. The number of nitrogens with zero attached hydrogens (tertiary/aromatic N) is 1. The molecule has 1 aromatic rings. The van der Waals surface area contributed by atoms with Gasteiger partial charge in [0.1, 0.15) is 5.75 Å². The highest BCUT2D eigenvalue weighted by Crippen LogP contribution is 2.22. The SMILES string of the molecule is CCC1=NCCc2cc(OC)ccc21. The molecular weight excluding hydrogens is 174 g/mol. The monoisotopic (exact) mass is 189 g/mol. The van der Waals surface area contributed by atoms with Crippen LogP contribution in [-0.2, 0) is 6.42 Å². The molecule has 0 saturated carbocycles. The van der Waals surface area contributed by atoms with E-state index >= 15 is 0 Å². The quantitative estimate of drug-likeness (QED) is 0.700. The van der Waals surface area contributed by atoms with E-state index in [0.29, 0.717) is 0 Å². The van der Waals surface area contributed by atoms with Gasteiger partial charge in [-0.15, -0.1) is 0 Å². The van der Waals surface area contributed by atoms with E-state index in [9.17, 15) is 0 Å². The summed E-state index contributed by atoms with van der Waals surface area (Å²) in [4.78, 5) is 4.52. The first kappa shape index (κ1) is 9.25. The van der Waals surface area contributed by atoms with E-state index in [-0.39, 0.29) is 0 Å². The molecular formula is C12H15NO. The van der Waals surface area contributed by atoms with Crippen molar-refractivity contribution in [3.05, 3.63) is 29.3 Å². The molecule has 0 radical (unpaired) electrons. The molecule has 1 aliphatic rings. The Balaban J connectivity index is 2.43. The van der Waals surface area contributed by atoms with Gasteiger partial charge in [0.2, 0.25) is 0 Å². The fraction of sp³-hybridized carbons (Fsp3) is 0.417. The van der Waals surface area contributed by atoms with Crippen LogP contribution in [0.15, 0.2) is 23.2 Å². The molecule has 14 heavy (non-hydrogen) atoms. The highest BCUT2D eigenvalue weighted by atomic mass is 16.5. The molecule has 74 valence electrons. The van der Waals surface area contributed by atoms with Crippen LogP contribution in [0.4, 0.5) is 0 Å². The zero-order valence-corrected chi connectivity index (χ0v) is 8.71. The predicted octanol–water partition coefficient (Wildman–Crippen LogP) is 2.45. The van der Waals surface area contributed by atoms with Crippen LogP contribution < -0.4 is 4.74 Å². The van der Waals surface area contributed by atoms with Crippen LogP contribution in [0.25, 0.3) is 0 Å². The van der Waals surface area contributed by atoms with Crippen LogP contribution in [0, 0.1) is 0 Å². The molecule has 1 aromatic carbocycles. The molecule has 0 atom stereocenters. The molecule has 2 nitrogen and oxygen atoms in total. The van der Waals surface area contributed by atoms with Crippen molar-refractivity contribution < 1.29 is 4.74 Å². The third-order valence-corrected chi connectivity index (χ3v) is 2.64. The molecule has 2 rings (SSSR count). The smallest absolute Gasteiger partial charge is 0.119 e. The first-order chi connectivity index (χ1) is 6.85. The van der Waals surface area contributed by atoms with Gasteiger partial charge in [0.05, 0.1) is 7.11 Å². The Morgan fingerprint density at radius 1 is 1.43 bits per heavy atom. The Labute approximate surface area is 84.6 Å². The fourth-order valence-corrected chi connectivity index (χ4v) is 1.88. The van der Waals surface area contributed by atoms with E-state index in [1.165, 1.54) is 16.8 Å². The Morgan fingerprint density at radius 3 is 3.00 bits per heavy atom. The predicted molar refractivity (Wildman–Crippen MR) is 58.4 cm³/mol. The van der Waals surface area contributed by atoms with E-state index < -0.39 is 0 Å². The molecule has 2 heteroatoms. The van der Waals surface area contributed by atoms with Crippen LogP contribution in [0.2, 0.25) is 0 Å². The maximum absolute atomic E-state index is 5.21. The van der Waals surface area contributed by atoms with Crippen molar-refractivity contribution in [2.75, 3.05) is 13.7 Å². The van der Waals surface area contributed by atoms with Gasteiger partial charge in [-0.3, -0.25) is 4.99 Å². The summed E-state index contributed by atoms with van der Waals surface area (Å²) in [5.41, 5.74) is 3.91. The Kier molecular flexibility index (Phi) is 2.53. The van der Waals surface area contributed by atoms with Crippen molar-refractivity contribution in [1.82, 2.24) is 0 Å². The molecule has 0 aromatic heterocycles. The minimum atomic E-state index is 0.920. The standard InChI is InChI=1S/C12H15NO/c1-3-12-11-5-4-10(14-2)8-9(11)6-7-13-12/h4-5,8H,3,6-7H2,1-2H3. The highest BCUT2D eigenvalue weighted by Gasteiger charge is 2.12. The zero-order chi connectivity index (χ0) is 9.97. The van der Waals surface area contributed by atoms with E-state index in [1.54, 1.807) is 7.11 Å². The molecule has 0 N–H and O–H groups in total. The van der Waals surface area contributed by atoms with Crippen LogP contribution in [0.3, 0.4) is 0 Å². The molecule has 0 unspecified atom stereocenters. The van der Waals surface area contributed by atoms with E-state index in [2.05, 4.69) is 24.0 Å². The topological polar surface area (TPSA) is 21.6 Å². The molecule has 0 bridgehead atoms. The lowest BCUT2D eigenvalue weighted by Gasteiger charge is -2.16. The first-order valence-electron chi connectivity index (χ1n) is 5.05. The second kappa shape index (κ2) is 3.82. The summed E-state index contributed by atoms with van der Waals surface area (Å²) in [5, 5.41) is 0. The summed E-state index contributed by atoms with van der Waals surface area (Å²) in [6.45, 7) is 3.07. The number of hydrogen-bond donors (Lipinski definition) is 0. The molecule has 1 aliphatic heterocycles. The number of fused-ring (bicyclic) bond motifs is 1. The van der Waals surface area contributed by atoms with Crippen molar-refractivity contribution in [2.24, 2.45) is 4.99 Å². The number of hydrogen-bond acceptors (Lipinski definition) is 2. The van der Waals surface area contributed by atoms with E-state index in [4.69, 9.17) is 4.74 Å². The zero-order valence-electron chi connectivity index (χ0n) is 8.71. The van der Waals surface area contributed by atoms with Gasteiger partial charge in [-0.25, -0.2) is 0 Å². The van der Waals surface area contributed by atoms with E-state index in [0.717, 1.165) is 25.1 Å². The number of rotatable bonds is 2. The first-order valence-corrected chi connectivity index (χ1v) is 5.05. The summed E-state index contributed by atoms with van der Waals surface area (Å²) in [6.07, 6.45) is 2.05. The third-order valence-electron chi connectivity index (χ3n) is 2.64. The second-order valence-corrected chi connectivity index (χ2v) is 3.46. The minimum Gasteiger partial charge on any atom is -0.497 e. The molecule has 1 heterocycles. The third kappa shape index (κ3) is 1.52. The Bertz CT molecular complexity index is 369. The van der Waals surface area contributed by atoms with Crippen molar-refractivity contribution in [2.45, 2.75) is 19.8 Å². The number of methoxy groups -OCH3 is 1. The molecule has 0 amide bonds. The van der Waals surface area contributed by atoms with Gasteiger partial charge in [0, 0.05) is 12.3 Å². The van der Waals surface area contributed by atoms with Crippen LogP contribution in [-0.4, -0.2) is 19.4 Å². The molecule has 0 aliphatic carbocycles. The number of ether oxygens (including phenoxy) is 1. The fourth-order valence-electron chi connectivity index (χ4n) is 1.88. The minimum absolute atomic E-state index is 0.920. The Morgan fingerprint density at radius 2 is 2.29 bits per heavy atom. The van der Waals surface area contributed by atoms with Crippen molar-refractivity contribution in [3.63, 3.8) is 0 Å². The normalized spacial score (nSPS) is 14.6. The van der Waals surface area contributed by atoms with Crippen molar-refractivity contribution in [1.29, 1.82) is 0 Å². The second-order valence-electron chi connectivity index (χ2n) is 3.46. The molecule has 0 fully saturated rings. The number of benzene rings is 1. The summed E-state index contributed by atoms with van der Waals surface area (Å²) in [5.74, 6) is 0.945. The van der Waals surface area contributed by atoms with Gasteiger partial charge in [-0.2, -0.15) is 0 Å². The lowest BCUT2D eigenvalue weighted by Crippen LogP contribution is -2.11. The van der Waals surface area contributed by atoms with Crippen LogP contribution >= 0.6 is 0 Å². The summed E-state index contributed by atoms with van der Waals surface area (Å²) < 4.78 is 5.21. The average molecular weight is 189 g/mol. The van der Waals surface area contributed by atoms with Gasteiger partial charge < -0.3 is 4.74 Å². The lowest BCUT2D eigenvalue weighted by molar-refractivity contribution is 0.414. The maximum atomic E-state index is 5.21. The van der Waals surface area contributed by atoms with Crippen LogP contribution in [0.5, 0.6) is 5.75 Å². The van der Waals surface area contributed by atoms with Gasteiger partial charge in [-0.05, 0) is 42.2 Å². The van der Waals surface area contributed by atoms with Gasteiger partial charge in [0.25, 0.3) is 0 Å². The number of aliphatic imine (C=N–C) groups is 1. The van der Waals surface area contributed by atoms with Gasteiger partial charge >= 0.3 is 0 Å². The average Bonchev–Trinajstić information content (AvgIpc) is 2.27. The van der Waals surface area contributed by atoms with Gasteiger partial charge in [-0.1, -0.05) is 6.92 Å². The van der Waals surface area contributed by atoms with Crippen molar-refractivity contribution >= 4 is 5.71 Å². The molecule has 0 spiro atoms. The highest BCUT2D eigenvalue weighted by molar-refractivity contribution is 6.02. The van der Waals surface area contributed by atoms with Crippen LogP contribution in [0.1, 0.15) is 24.5 Å². The summed E-state index contributed by atoms with van der Waals surface area (Å²) in [7, 11) is 1.71. The van der Waals surface area contributed by atoms with Gasteiger partial charge in [0.15, 0.2) is 0 Å². The van der Waals surface area contributed by atoms with Crippen molar-refractivity contribution in [3.8, 4) is 5.75 Å². The van der Waals surface area contributed by atoms with E-state index in [1.807, 2.05) is 6.07 Å². The largest absolute Gasteiger partial charge is 0.497 e.